The molecule has 1 aromatic heterocycles. The number of nitrogens with zero attached hydrogens (tertiary/aromatic N) is 2. The van der Waals surface area contributed by atoms with Gasteiger partial charge in [0.1, 0.15) is 5.82 Å². The standard InChI is InChI=1S/C20H18ClFN2O3/c1-20(2,3)18(26)15-16(11-6-8-23-9-7-11)24(19(27)17(15)25)12-4-5-14(22)13(21)10-12/h4-10,16,25H,1-3H3. The lowest BCUT2D eigenvalue weighted by molar-refractivity contribution is -0.123. The number of anilines is 1. The molecule has 7 heteroatoms. The molecule has 2 heterocycles. The van der Waals surface area contributed by atoms with Crippen molar-refractivity contribution in [3.05, 3.63) is 70.5 Å². The van der Waals surface area contributed by atoms with Crippen molar-refractivity contribution in [1.82, 2.24) is 4.98 Å². The van der Waals surface area contributed by atoms with Crippen LogP contribution in [0.2, 0.25) is 5.02 Å². The summed E-state index contributed by atoms with van der Waals surface area (Å²) in [5.74, 6) is -2.34. The highest BCUT2D eigenvalue weighted by molar-refractivity contribution is 6.31. The van der Waals surface area contributed by atoms with Crippen LogP contribution in [-0.4, -0.2) is 21.8 Å². The molecule has 1 atom stereocenters. The summed E-state index contributed by atoms with van der Waals surface area (Å²) in [5.41, 5.74) is 0.0526. The molecule has 3 rings (SSSR count). The molecule has 0 bridgehead atoms. The number of aromatic nitrogens is 1. The summed E-state index contributed by atoms with van der Waals surface area (Å²) in [6.07, 6.45) is 3.06. The summed E-state index contributed by atoms with van der Waals surface area (Å²) in [5, 5.41) is 10.4. The monoisotopic (exact) mass is 388 g/mol. The predicted octanol–water partition coefficient (Wildman–Crippen LogP) is 4.39. The van der Waals surface area contributed by atoms with E-state index in [1.807, 2.05) is 0 Å². The lowest BCUT2D eigenvalue weighted by Gasteiger charge is -2.29. The van der Waals surface area contributed by atoms with E-state index < -0.39 is 28.9 Å². The zero-order valence-corrected chi connectivity index (χ0v) is 15.8. The second-order valence-corrected chi connectivity index (χ2v) is 7.71. The molecule has 0 fully saturated rings. The molecule has 2 aromatic rings. The maximum Gasteiger partial charge on any atom is 0.294 e. The number of hydrogen-bond donors (Lipinski definition) is 1. The molecule has 0 aliphatic carbocycles. The Hall–Kier alpha value is -2.73. The number of aliphatic hydroxyl groups excluding tert-OH is 1. The molecular formula is C20H18ClFN2O3. The third-order valence-electron chi connectivity index (χ3n) is 4.34. The third kappa shape index (κ3) is 3.32. The minimum atomic E-state index is -0.867. The van der Waals surface area contributed by atoms with Gasteiger partial charge in [-0.2, -0.15) is 0 Å². The van der Waals surface area contributed by atoms with Gasteiger partial charge >= 0.3 is 0 Å². The molecule has 27 heavy (non-hydrogen) atoms. The maximum absolute atomic E-state index is 13.6. The zero-order valence-electron chi connectivity index (χ0n) is 15.0. The van der Waals surface area contributed by atoms with Crippen molar-refractivity contribution in [1.29, 1.82) is 0 Å². The zero-order chi connectivity index (χ0) is 19.9. The van der Waals surface area contributed by atoms with Crippen molar-refractivity contribution in [2.75, 3.05) is 4.90 Å². The molecule has 5 nitrogen and oxygen atoms in total. The van der Waals surface area contributed by atoms with Gasteiger partial charge in [0.25, 0.3) is 5.91 Å². The van der Waals surface area contributed by atoms with Crippen LogP contribution in [0.1, 0.15) is 32.4 Å². The van der Waals surface area contributed by atoms with Crippen LogP contribution in [0.5, 0.6) is 0 Å². The van der Waals surface area contributed by atoms with Gasteiger partial charge in [0.15, 0.2) is 11.5 Å². The summed E-state index contributed by atoms with van der Waals surface area (Å²) in [7, 11) is 0. The van der Waals surface area contributed by atoms with Crippen LogP contribution in [0, 0.1) is 11.2 Å². The van der Waals surface area contributed by atoms with Gasteiger partial charge in [-0.25, -0.2) is 4.39 Å². The van der Waals surface area contributed by atoms with Gasteiger partial charge in [0.05, 0.1) is 16.6 Å². The van der Waals surface area contributed by atoms with E-state index in [4.69, 9.17) is 11.6 Å². The van der Waals surface area contributed by atoms with Crippen molar-refractivity contribution in [3.8, 4) is 0 Å². The molecule has 140 valence electrons. The largest absolute Gasteiger partial charge is 0.503 e. The van der Waals surface area contributed by atoms with Crippen molar-refractivity contribution < 1.29 is 19.1 Å². The number of carbonyl (C=O) groups excluding carboxylic acids is 2. The first-order valence-electron chi connectivity index (χ1n) is 8.29. The fraction of sp³-hybridized carbons (Fsp3) is 0.250. The van der Waals surface area contributed by atoms with Crippen LogP contribution in [0.25, 0.3) is 0 Å². The van der Waals surface area contributed by atoms with Crippen LogP contribution in [0.4, 0.5) is 10.1 Å². The molecule has 0 saturated heterocycles. The SMILES string of the molecule is CC(C)(C)C(=O)C1=C(O)C(=O)N(c2ccc(F)c(Cl)c2)C1c1ccncc1. The maximum atomic E-state index is 13.6. The number of benzene rings is 1. The van der Waals surface area contributed by atoms with Crippen molar-refractivity contribution in [2.45, 2.75) is 26.8 Å². The van der Waals surface area contributed by atoms with Gasteiger partial charge in [-0.1, -0.05) is 32.4 Å². The summed E-state index contributed by atoms with van der Waals surface area (Å²) in [6, 6.07) is 6.25. The highest BCUT2D eigenvalue weighted by Crippen LogP contribution is 2.43. The van der Waals surface area contributed by atoms with E-state index >= 15 is 0 Å². The topological polar surface area (TPSA) is 70.5 Å². The summed E-state index contributed by atoms with van der Waals surface area (Å²) in [6.45, 7) is 5.13. The van der Waals surface area contributed by atoms with Crippen LogP contribution >= 0.6 is 11.6 Å². The quantitative estimate of drug-likeness (QED) is 0.846. The average Bonchev–Trinajstić information content (AvgIpc) is 2.88. The number of aliphatic hydroxyl groups is 1. The summed E-state index contributed by atoms with van der Waals surface area (Å²) >= 11 is 5.88. The first-order chi connectivity index (χ1) is 12.6. The van der Waals surface area contributed by atoms with Crippen LogP contribution in [0.15, 0.2) is 54.1 Å². The van der Waals surface area contributed by atoms with Gasteiger partial charge in [0, 0.05) is 23.5 Å². The molecule has 1 unspecified atom stereocenters. The molecule has 0 saturated carbocycles. The Morgan fingerprint density at radius 1 is 1.22 bits per heavy atom. The van der Waals surface area contributed by atoms with E-state index in [2.05, 4.69) is 4.98 Å². The number of Topliss-reactive ketones (excluding diaryl/α,β-unsaturated/α-hetero) is 1. The highest BCUT2D eigenvalue weighted by Gasteiger charge is 2.46. The lowest BCUT2D eigenvalue weighted by atomic mass is 9.82. The minimum Gasteiger partial charge on any atom is -0.503 e. The van der Waals surface area contributed by atoms with E-state index in [-0.39, 0.29) is 22.1 Å². The van der Waals surface area contributed by atoms with Gasteiger partial charge in [0.2, 0.25) is 0 Å². The van der Waals surface area contributed by atoms with Crippen LogP contribution < -0.4 is 4.90 Å². The van der Waals surface area contributed by atoms with Gasteiger partial charge < -0.3 is 5.11 Å². The fourth-order valence-corrected chi connectivity index (χ4v) is 3.18. The molecule has 1 N–H and O–H groups in total. The van der Waals surface area contributed by atoms with E-state index in [1.54, 1.807) is 32.9 Å². The van der Waals surface area contributed by atoms with Gasteiger partial charge in [-0.3, -0.25) is 19.5 Å². The molecule has 1 amide bonds. The van der Waals surface area contributed by atoms with Gasteiger partial charge in [-0.15, -0.1) is 0 Å². The van der Waals surface area contributed by atoms with E-state index in [9.17, 15) is 19.1 Å². The number of pyridine rings is 1. The van der Waals surface area contributed by atoms with Gasteiger partial charge in [-0.05, 0) is 35.9 Å². The van der Waals surface area contributed by atoms with E-state index in [1.165, 1.54) is 29.4 Å². The van der Waals surface area contributed by atoms with E-state index in [0.29, 0.717) is 5.56 Å². The molecule has 1 aromatic carbocycles. The molecule has 1 aliphatic heterocycles. The number of ketones is 1. The minimum absolute atomic E-state index is 0.000789. The fourth-order valence-electron chi connectivity index (χ4n) is 3.00. The first-order valence-corrected chi connectivity index (χ1v) is 8.67. The Kier molecular flexibility index (Phi) is 4.78. The molecular weight excluding hydrogens is 371 g/mol. The first kappa shape index (κ1) is 19.0. The Morgan fingerprint density at radius 3 is 2.41 bits per heavy atom. The normalized spacial score (nSPS) is 17.6. The number of hydrogen-bond acceptors (Lipinski definition) is 4. The number of rotatable bonds is 3. The Balaban J connectivity index is 2.21. The second kappa shape index (κ2) is 6.78. The predicted molar refractivity (Wildman–Crippen MR) is 100.0 cm³/mol. The smallest absolute Gasteiger partial charge is 0.294 e. The molecule has 0 spiro atoms. The van der Waals surface area contributed by atoms with Crippen LogP contribution in [-0.2, 0) is 9.59 Å². The second-order valence-electron chi connectivity index (χ2n) is 7.30. The highest BCUT2D eigenvalue weighted by atomic mass is 35.5. The van der Waals surface area contributed by atoms with Crippen molar-refractivity contribution in [2.24, 2.45) is 5.41 Å². The Morgan fingerprint density at radius 2 is 1.85 bits per heavy atom. The Bertz CT molecular complexity index is 951. The Labute approximate surface area is 161 Å². The summed E-state index contributed by atoms with van der Waals surface area (Å²) < 4.78 is 13.6. The number of halogens is 2. The van der Waals surface area contributed by atoms with Crippen LogP contribution in [0.3, 0.4) is 0 Å². The molecule has 1 aliphatic rings. The lowest BCUT2D eigenvalue weighted by Crippen LogP contribution is -2.32. The average molecular weight is 389 g/mol. The number of carbonyl (C=O) groups is 2. The van der Waals surface area contributed by atoms with E-state index in [0.717, 1.165) is 6.07 Å². The van der Waals surface area contributed by atoms with Crippen molar-refractivity contribution >= 4 is 29.0 Å². The molecule has 0 radical (unpaired) electrons. The number of amides is 1. The summed E-state index contributed by atoms with van der Waals surface area (Å²) in [4.78, 5) is 31.1. The third-order valence-corrected chi connectivity index (χ3v) is 4.63. The van der Waals surface area contributed by atoms with Crippen molar-refractivity contribution in [3.63, 3.8) is 0 Å².